The second-order valence-electron chi connectivity index (χ2n) is 9.80. The van der Waals surface area contributed by atoms with E-state index in [1.54, 1.807) is 12.0 Å². The smallest absolute Gasteiger partial charge is 0.254 e. The molecule has 0 bridgehead atoms. The number of nitrogens with zero attached hydrogens (tertiary/aromatic N) is 2. The van der Waals surface area contributed by atoms with Crippen molar-refractivity contribution in [2.24, 2.45) is 0 Å². The van der Waals surface area contributed by atoms with Crippen LogP contribution in [0, 0.1) is 6.92 Å². The van der Waals surface area contributed by atoms with E-state index < -0.39 is 0 Å². The molecule has 3 aromatic carbocycles. The third-order valence-electron chi connectivity index (χ3n) is 7.06. The van der Waals surface area contributed by atoms with E-state index in [2.05, 4.69) is 17.1 Å². The van der Waals surface area contributed by atoms with Gasteiger partial charge in [0.15, 0.2) is 0 Å². The van der Waals surface area contributed by atoms with Crippen LogP contribution in [0.15, 0.2) is 79.0 Å². The molecule has 1 N–H and O–H groups in total. The number of para-hydroxylation sites is 1. The average Bonchev–Trinajstić information content (AvgIpc) is 3.69. The van der Waals surface area contributed by atoms with Gasteiger partial charge >= 0.3 is 0 Å². The Morgan fingerprint density at radius 1 is 0.973 bits per heavy atom. The Hall–Kier alpha value is -4.06. The van der Waals surface area contributed by atoms with Crippen molar-refractivity contribution in [1.29, 1.82) is 0 Å². The number of benzene rings is 3. The molecule has 5 rings (SSSR count). The molecule has 1 saturated carbocycles. The number of methoxy groups -OCH3 is 1. The molecule has 0 radical (unpaired) electrons. The summed E-state index contributed by atoms with van der Waals surface area (Å²) in [7, 11) is 1.64. The SMILES string of the molecule is COc1ccc(CN(CCc2c[nH]c3ccccc23)C(=O)CN(C(=O)c2ccc(C)cc2)C2CC2)cc1. The fraction of sp³-hybridized carbons (Fsp3) is 0.290. The minimum atomic E-state index is -0.0723. The van der Waals surface area contributed by atoms with Crippen LogP contribution in [0.2, 0.25) is 0 Å². The van der Waals surface area contributed by atoms with Crippen LogP contribution in [0.1, 0.15) is 39.9 Å². The predicted octanol–water partition coefficient (Wildman–Crippen LogP) is 5.36. The van der Waals surface area contributed by atoms with E-state index in [4.69, 9.17) is 4.74 Å². The summed E-state index contributed by atoms with van der Waals surface area (Å²) < 4.78 is 5.29. The zero-order valence-electron chi connectivity index (χ0n) is 21.4. The Morgan fingerprint density at radius 3 is 2.41 bits per heavy atom. The Kier molecular flexibility index (Phi) is 7.26. The zero-order valence-corrected chi connectivity index (χ0v) is 21.4. The number of hydrogen-bond donors (Lipinski definition) is 1. The third kappa shape index (κ3) is 5.85. The van der Waals surface area contributed by atoms with E-state index in [1.807, 2.05) is 78.7 Å². The molecule has 190 valence electrons. The van der Waals surface area contributed by atoms with Gasteiger partial charge in [-0.25, -0.2) is 0 Å². The molecular formula is C31H33N3O3. The van der Waals surface area contributed by atoms with Gasteiger partial charge in [0.2, 0.25) is 5.91 Å². The van der Waals surface area contributed by atoms with Gasteiger partial charge in [-0.15, -0.1) is 0 Å². The van der Waals surface area contributed by atoms with Gasteiger partial charge in [-0.2, -0.15) is 0 Å². The van der Waals surface area contributed by atoms with Crippen molar-refractivity contribution in [1.82, 2.24) is 14.8 Å². The van der Waals surface area contributed by atoms with Crippen molar-refractivity contribution >= 4 is 22.7 Å². The monoisotopic (exact) mass is 495 g/mol. The minimum absolute atomic E-state index is 0.0389. The van der Waals surface area contributed by atoms with E-state index >= 15 is 0 Å². The zero-order chi connectivity index (χ0) is 25.8. The van der Waals surface area contributed by atoms with Gasteiger partial charge in [0.05, 0.1) is 7.11 Å². The van der Waals surface area contributed by atoms with E-state index in [0.717, 1.165) is 41.7 Å². The van der Waals surface area contributed by atoms with Crippen molar-refractivity contribution in [2.75, 3.05) is 20.2 Å². The number of hydrogen-bond acceptors (Lipinski definition) is 3. The van der Waals surface area contributed by atoms with Crippen LogP contribution >= 0.6 is 0 Å². The number of ether oxygens (including phenoxy) is 1. The number of rotatable bonds is 10. The van der Waals surface area contributed by atoms with Crippen LogP contribution in [-0.2, 0) is 17.8 Å². The highest BCUT2D eigenvalue weighted by Gasteiger charge is 2.35. The Bertz CT molecular complexity index is 1370. The van der Waals surface area contributed by atoms with Crippen LogP contribution in [-0.4, -0.2) is 52.8 Å². The molecule has 1 aliphatic carbocycles. The molecule has 0 atom stereocenters. The summed E-state index contributed by atoms with van der Waals surface area (Å²) in [6.07, 6.45) is 4.64. The summed E-state index contributed by atoms with van der Waals surface area (Å²) in [5.41, 5.74) is 5.03. The number of amides is 2. The molecule has 0 unspecified atom stereocenters. The summed E-state index contributed by atoms with van der Waals surface area (Å²) in [6, 6.07) is 23.7. The number of nitrogens with one attached hydrogen (secondary N) is 1. The second kappa shape index (κ2) is 10.9. The quantitative estimate of drug-likeness (QED) is 0.322. The minimum Gasteiger partial charge on any atom is -0.497 e. The number of carbonyl (C=O) groups is 2. The molecule has 6 heteroatoms. The van der Waals surface area contributed by atoms with Crippen molar-refractivity contribution in [3.63, 3.8) is 0 Å². The average molecular weight is 496 g/mol. The Morgan fingerprint density at radius 2 is 1.70 bits per heavy atom. The number of H-pyrrole nitrogens is 1. The Balaban J connectivity index is 1.35. The number of aryl methyl sites for hydroxylation is 1. The third-order valence-corrected chi connectivity index (χ3v) is 7.06. The first-order valence-corrected chi connectivity index (χ1v) is 12.8. The van der Waals surface area contributed by atoms with Crippen molar-refractivity contribution in [3.05, 3.63) is 101 Å². The van der Waals surface area contributed by atoms with Crippen LogP contribution in [0.4, 0.5) is 0 Å². The van der Waals surface area contributed by atoms with Gasteiger partial charge in [-0.3, -0.25) is 9.59 Å². The summed E-state index contributed by atoms with van der Waals surface area (Å²) in [6.45, 7) is 3.12. The lowest BCUT2D eigenvalue weighted by atomic mass is 10.1. The summed E-state index contributed by atoms with van der Waals surface area (Å²) >= 11 is 0. The Labute approximate surface area is 217 Å². The first-order chi connectivity index (χ1) is 18.0. The van der Waals surface area contributed by atoms with Crippen LogP contribution in [0.25, 0.3) is 10.9 Å². The van der Waals surface area contributed by atoms with Gasteiger partial charge < -0.3 is 19.5 Å². The first kappa shape index (κ1) is 24.6. The maximum atomic E-state index is 13.7. The molecule has 1 fully saturated rings. The van der Waals surface area contributed by atoms with Gasteiger partial charge in [-0.1, -0.05) is 48.0 Å². The number of carbonyl (C=O) groups excluding carboxylic acids is 2. The molecule has 6 nitrogen and oxygen atoms in total. The number of fused-ring (bicyclic) bond motifs is 1. The molecule has 0 aliphatic heterocycles. The lowest BCUT2D eigenvalue weighted by molar-refractivity contribution is -0.132. The normalized spacial score (nSPS) is 12.9. The molecular weight excluding hydrogens is 462 g/mol. The van der Waals surface area contributed by atoms with Crippen molar-refractivity contribution in [2.45, 2.75) is 38.8 Å². The summed E-state index contributed by atoms with van der Waals surface area (Å²) in [5, 5.41) is 1.17. The van der Waals surface area contributed by atoms with E-state index in [1.165, 1.54) is 10.9 Å². The van der Waals surface area contributed by atoms with Gasteiger partial charge in [0.1, 0.15) is 12.3 Å². The summed E-state index contributed by atoms with van der Waals surface area (Å²) in [4.78, 5) is 34.0. The highest BCUT2D eigenvalue weighted by Crippen LogP contribution is 2.29. The van der Waals surface area contributed by atoms with E-state index in [9.17, 15) is 9.59 Å². The molecule has 4 aromatic rings. The molecule has 2 amide bonds. The fourth-order valence-corrected chi connectivity index (χ4v) is 4.70. The molecule has 0 spiro atoms. The second-order valence-corrected chi connectivity index (χ2v) is 9.80. The van der Waals surface area contributed by atoms with E-state index in [-0.39, 0.29) is 24.4 Å². The van der Waals surface area contributed by atoms with E-state index in [0.29, 0.717) is 18.7 Å². The van der Waals surface area contributed by atoms with Crippen molar-refractivity contribution in [3.8, 4) is 5.75 Å². The number of aromatic amines is 1. The van der Waals surface area contributed by atoms with Crippen LogP contribution < -0.4 is 4.74 Å². The highest BCUT2D eigenvalue weighted by atomic mass is 16.5. The largest absolute Gasteiger partial charge is 0.497 e. The molecule has 1 aliphatic rings. The van der Waals surface area contributed by atoms with Gasteiger partial charge in [0, 0.05) is 41.8 Å². The molecule has 1 aromatic heterocycles. The van der Waals surface area contributed by atoms with Gasteiger partial charge in [0.25, 0.3) is 5.91 Å². The molecule has 0 saturated heterocycles. The van der Waals surface area contributed by atoms with Gasteiger partial charge in [-0.05, 0) is 67.6 Å². The highest BCUT2D eigenvalue weighted by molar-refractivity contribution is 5.97. The lowest BCUT2D eigenvalue weighted by Gasteiger charge is -2.28. The van der Waals surface area contributed by atoms with Crippen LogP contribution in [0.5, 0.6) is 5.75 Å². The standard InChI is InChI=1S/C31H33N3O3/c1-22-7-11-24(12-8-22)31(36)34(26-13-14-26)21-30(35)33(20-23-9-15-27(37-2)16-10-23)18-17-25-19-32-29-6-4-3-5-28(25)29/h3-12,15-16,19,26,32H,13-14,17-18,20-21H2,1-2H3. The maximum absolute atomic E-state index is 13.7. The van der Waals surface area contributed by atoms with Crippen molar-refractivity contribution < 1.29 is 14.3 Å². The first-order valence-electron chi connectivity index (χ1n) is 12.8. The topological polar surface area (TPSA) is 65.6 Å². The maximum Gasteiger partial charge on any atom is 0.254 e. The lowest BCUT2D eigenvalue weighted by Crippen LogP contribution is -2.44. The predicted molar refractivity (Wildman–Crippen MR) is 146 cm³/mol. The molecule has 1 heterocycles. The fourth-order valence-electron chi connectivity index (χ4n) is 4.70. The molecule has 37 heavy (non-hydrogen) atoms. The number of aromatic nitrogens is 1. The summed E-state index contributed by atoms with van der Waals surface area (Å²) in [5.74, 6) is 0.670. The van der Waals surface area contributed by atoms with Crippen LogP contribution in [0.3, 0.4) is 0 Å².